The maximum Gasteiger partial charge on any atom is 0.339 e. The van der Waals surface area contributed by atoms with Crippen molar-refractivity contribution < 1.29 is 42.5 Å². The Kier molecular flexibility index (Phi) is 24.5. The average Bonchev–Trinajstić information content (AvgIpc) is 1.60. The van der Waals surface area contributed by atoms with E-state index in [2.05, 4.69) is 29.9 Å². The predicted molar refractivity (Wildman–Crippen MR) is 486 cm³/mol. The zero-order valence-corrected chi connectivity index (χ0v) is 70.6. The molecule has 6 N–H and O–H groups in total. The fourth-order valence-corrected chi connectivity index (χ4v) is 15.6. The smallest absolute Gasteiger partial charge is 0.339 e. The summed E-state index contributed by atoms with van der Waals surface area (Å²) in [5.41, 5.74) is 24.0. The first-order valence-electron chi connectivity index (χ1n) is 41.7. The number of amides is 3. The van der Waals surface area contributed by atoms with Gasteiger partial charge in [0.05, 0.1) is 93.4 Å². The van der Waals surface area contributed by atoms with Crippen LogP contribution in [0, 0.1) is 15.6 Å². The number of fused-ring (bicyclic) bond motifs is 3. The SMILES string of the molecule is CN(C(=O)/C=C/C[N+](C)([O-])C1CC1)c1ccc(-n2c(=O)n(-c3ccc(Oc4ccccc4)cc3)c3c(N)ncnc32)cc1.CN(C(=O)/C=C/C[N+](C)([O-])C1CCC1)c1ccc(-n2c(=O)n(-c3ccc(Oc4ccccc4)cc3)c3c(N)ncnc32)cc1.C[N+]([O-])(C/C=C/C(=O)N1CC[C@@H](n2c(=O)n(-c3ccc(Oc4ccccc4)cc3)c3c(N)ncnc32)C1)C1CC1. The number of hydrogen-bond donors (Lipinski definition) is 3. The maximum atomic E-state index is 13.9. The number of ether oxygens (including phenoxy) is 3. The van der Waals surface area contributed by atoms with Crippen molar-refractivity contribution in [3.05, 3.63) is 315 Å². The number of quaternary nitrogens is 3. The second-order valence-corrected chi connectivity index (χ2v) is 32.3. The first-order chi connectivity index (χ1) is 61.3. The first-order valence-corrected chi connectivity index (χ1v) is 41.7. The quantitative estimate of drug-likeness (QED) is 0.0257. The number of likely N-dealkylation sites (N-methyl/N-ethyl adjacent to an activating group) is 5. The van der Waals surface area contributed by atoms with E-state index in [0.717, 1.165) is 44.9 Å². The van der Waals surface area contributed by atoms with E-state index in [9.17, 15) is 44.4 Å². The van der Waals surface area contributed by atoms with Gasteiger partial charge >= 0.3 is 17.1 Å². The van der Waals surface area contributed by atoms with Gasteiger partial charge in [0.1, 0.15) is 70.0 Å². The van der Waals surface area contributed by atoms with Gasteiger partial charge in [-0.25, -0.2) is 53.4 Å². The normalized spacial score (nSPS) is 16.0. The van der Waals surface area contributed by atoms with Crippen LogP contribution in [0.15, 0.2) is 282 Å². The third-order valence-electron chi connectivity index (χ3n) is 23.4. The van der Waals surface area contributed by atoms with Crippen LogP contribution in [0.2, 0.25) is 0 Å². The lowest BCUT2D eigenvalue weighted by molar-refractivity contribution is -0.886. The summed E-state index contributed by atoms with van der Waals surface area (Å²) in [6, 6.07) is 63.6. The maximum absolute atomic E-state index is 13.9. The Balaban J connectivity index is 0.000000140. The minimum Gasteiger partial charge on any atom is -0.633 e. The Morgan fingerprint density at radius 3 is 1.05 bits per heavy atom. The molecule has 6 aromatic heterocycles. The Bertz CT molecular complexity index is 6620. The number of carbonyl (C=O) groups excluding carboxylic acids is 3. The number of hydrogen-bond acceptors (Lipinski definition) is 21. The molecule has 3 saturated carbocycles. The summed E-state index contributed by atoms with van der Waals surface area (Å²) in [5.74, 6) is 3.81. The lowest BCUT2D eigenvalue weighted by Crippen LogP contribution is -2.50. The highest BCUT2D eigenvalue weighted by molar-refractivity contribution is 6.02. The van der Waals surface area contributed by atoms with Crippen LogP contribution < -0.4 is 58.3 Å². The molecule has 0 radical (unpaired) electrons. The summed E-state index contributed by atoms with van der Waals surface area (Å²) < 4.78 is 25.6. The molecule has 3 unspecified atom stereocenters. The van der Waals surface area contributed by atoms with Gasteiger partial charge in [-0.3, -0.25) is 32.7 Å². The molecule has 33 nitrogen and oxygen atoms in total. The van der Waals surface area contributed by atoms with Gasteiger partial charge < -0.3 is 75.7 Å². The van der Waals surface area contributed by atoms with Gasteiger partial charge in [0.15, 0.2) is 34.4 Å². The van der Waals surface area contributed by atoms with Crippen LogP contribution in [-0.2, 0) is 14.4 Å². The van der Waals surface area contributed by atoms with Crippen molar-refractivity contribution in [3.63, 3.8) is 0 Å². The van der Waals surface area contributed by atoms with Crippen LogP contribution in [0.3, 0.4) is 0 Å². The van der Waals surface area contributed by atoms with Crippen molar-refractivity contribution in [2.75, 3.05) is 95.0 Å². The number of aromatic nitrogens is 12. The topological polar surface area (TPSA) is 394 Å². The minimum atomic E-state index is -0.381. The molecular formula is C94H95N21O12. The van der Waals surface area contributed by atoms with Crippen LogP contribution >= 0.6 is 0 Å². The van der Waals surface area contributed by atoms with E-state index in [4.69, 9.17) is 31.4 Å². The summed E-state index contributed by atoms with van der Waals surface area (Å²) in [6.07, 6.45) is 20.6. The van der Waals surface area contributed by atoms with Crippen LogP contribution in [0.1, 0.15) is 57.4 Å². The summed E-state index contributed by atoms with van der Waals surface area (Å²) in [6.45, 7) is 1.62. The number of benzene rings is 8. The molecule has 4 atom stereocenters. The highest BCUT2D eigenvalue weighted by Crippen LogP contribution is 2.36. The predicted octanol–water partition coefficient (Wildman–Crippen LogP) is 12.9. The Labute approximate surface area is 729 Å². The van der Waals surface area contributed by atoms with Crippen molar-refractivity contribution >= 4 is 80.0 Å². The zero-order valence-electron chi connectivity index (χ0n) is 70.6. The molecule has 8 aromatic carbocycles. The summed E-state index contributed by atoms with van der Waals surface area (Å²) in [7, 11) is 8.27. The molecule has 0 spiro atoms. The van der Waals surface area contributed by atoms with Crippen molar-refractivity contribution in [2.24, 2.45) is 0 Å². The van der Waals surface area contributed by atoms with E-state index in [1.54, 1.807) is 184 Å². The van der Waals surface area contributed by atoms with E-state index in [1.807, 2.05) is 91.0 Å². The standard InChI is InChI=1S/C33H33N7O4.C32H31N7O4.C29H31N7O4/c1-37(29(41)12-7-21-40(2,43)26-8-6-9-26)23-13-15-25(16-14-23)39-32-30(31(34)35-22-36-32)38(33(39)42)24-17-19-28(20-18-24)44-27-10-4-3-5-11-27;1-36(28(40)9-6-20-39(2,42)25-16-17-25)22-10-12-24(13-11-22)38-31-29(30(33)34-21-35-31)37(32(38)41)23-14-18-27(19-15-23)43-26-7-4-3-5-8-26;1-36(39,22-11-12-22)17-5-8-25(37)33-16-15-21(18-33)35-28-26(27(30)31-19-32-28)34(29(35)38)20-9-13-24(14-10-20)40-23-6-3-2-4-7-23/h3-5,7,10-20,22,26H,6,8-9,21H2,1-2H3,(H2,34,35,36);3-15,18-19,21,25H,16-17,20H2,1-2H3,(H2,33,34,35);2-10,13-14,19,21-22H,11-12,15-18H2,1H3,(H2,30,31,32)/b12-7+;9-6+;8-5+/t;;21-,36?/m..1/s1. The van der Waals surface area contributed by atoms with Gasteiger partial charge in [-0.2, -0.15) is 0 Å². The number of para-hydroxylation sites is 3. The van der Waals surface area contributed by atoms with Gasteiger partial charge in [-0.05, 0) is 202 Å². The number of anilines is 5. The average molecular weight is 1710 g/mol. The minimum absolute atomic E-state index is 0.114. The fourth-order valence-electron chi connectivity index (χ4n) is 15.6. The summed E-state index contributed by atoms with van der Waals surface area (Å²) in [4.78, 5) is 110. The van der Waals surface area contributed by atoms with E-state index in [-0.39, 0.29) is 110 Å². The Morgan fingerprint density at radius 1 is 0.394 bits per heavy atom. The second-order valence-electron chi connectivity index (χ2n) is 32.3. The molecule has 14 aromatic rings. The number of carbonyl (C=O) groups is 3. The third-order valence-corrected chi connectivity index (χ3v) is 23.4. The fraction of sp³-hybridized carbons (Fsp3) is 0.234. The van der Waals surface area contributed by atoms with Crippen LogP contribution in [0.4, 0.5) is 28.8 Å². The van der Waals surface area contributed by atoms with Gasteiger partial charge in [0.25, 0.3) is 11.8 Å². The zero-order chi connectivity index (χ0) is 88.8. The van der Waals surface area contributed by atoms with Crippen LogP contribution in [0.25, 0.3) is 61.9 Å². The summed E-state index contributed by atoms with van der Waals surface area (Å²) >= 11 is 0. The second kappa shape index (κ2) is 36.4. The third kappa shape index (κ3) is 18.8. The number of nitrogen functional groups attached to an aromatic ring is 3. The van der Waals surface area contributed by atoms with E-state index < -0.39 is 0 Å². The molecule has 1 saturated heterocycles. The molecule has 4 fully saturated rings. The molecule has 7 heterocycles. The number of likely N-dealkylation sites (tertiary alicyclic amines) is 1. The summed E-state index contributed by atoms with van der Waals surface area (Å²) in [5, 5.41) is 37.7. The number of hydroxylamine groups is 9. The first kappa shape index (κ1) is 85.6. The van der Waals surface area contributed by atoms with Crippen molar-refractivity contribution in [1.29, 1.82) is 0 Å². The van der Waals surface area contributed by atoms with E-state index in [0.29, 0.717) is 127 Å². The van der Waals surface area contributed by atoms with Gasteiger partial charge in [-0.1, -0.05) is 54.6 Å². The monoisotopic (exact) mass is 1710 g/mol. The highest BCUT2D eigenvalue weighted by atomic mass is 16.6. The molecule has 18 rings (SSSR count). The number of imidazole rings is 3. The number of nitrogens with two attached hydrogens (primary N) is 3. The lowest BCUT2D eigenvalue weighted by atomic mass is 9.91. The van der Waals surface area contributed by atoms with Crippen LogP contribution in [0.5, 0.6) is 34.5 Å². The molecular weight excluding hydrogens is 1620 g/mol. The molecule has 127 heavy (non-hydrogen) atoms. The molecule has 4 aliphatic rings. The number of rotatable bonds is 26. The lowest BCUT2D eigenvalue weighted by Gasteiger charge is -2.48. The molecule has 3 amide bonds. The molecule has 3 aliphatic carbocycles. The number of nitrogens with zero attached hydrogens (tertiary/aromatic N) is 18. The molecule has 648 valence electrons. The Morgan fingerprint density at radius 2 is 0.701 bits per heavy atom. The molecule has 1 aliphatic heterocycles. The van der Waals surface area contributed by atoms with Crippen molar-refractivity contribution in [3.8, 4) is 62.9 Å². The van der Waals surface area contributed by atoms with E-state index >= 15 is 0 Å². The van der Waals surface area contributed by atoms with Gasteiger partial charge in [0.2, 0.25) is 5.91 Å². The van der Waals surface area contributed by atoms with Crippen LogP contribution in [-0.4, -0.2) is 180 Å². The van der Waals surface area contributed by atoms with Gasteiger partial charge in [-0.15, -0.1) is 0 Å². The Hall–Kier alpha value is -15.0. The van der Waals surface area contributed by atoms with Crippen molar-refractivity contribution in [2.45, 2.75) is 75.5 Å². The highest BCUT2D eigenvalue weighted by Gasteiger charge is 2.37. The molecule has 33 heteroatoms. The largest absolute Gasteiger partial charge is 0.633 e. The molecule has 0 bridgehead atoms. The van der Waals surface area contributed by atoms with Gasteiger partial charge in [0, 0.05) is 82.5 Å². The van der Waals surface area contributed by atoms with E-state index in [1.165, 1.54) is 69.8 Å². The van der Waals surface area contributed by atoms with Crippen molar-refractivity contribution in [1.82, 2.24) is 62.2 Å².